The van der Waals surface area contributed by atoms with Crippen LogP contribution in [0.4, 0.5) is 4.79 Å². The van der Waals surface area contributed by atoms with Crippen LogP contribution in [0.1, 0.15) is 24.0 Å². The number of hydrogen-bond acceptors (Lipinski definition) is 5. The summed E-state index contributed by atoms with van der Waals surface area (Å²) in [4.78, 5) is 24.9. The largest absolute Gasteiger partial charge is 0.480 e. The van der Waals surface area contributed by atoms with Gasteiger partial charge in [-0.15, -0.1) is 0 Å². The Bertz CT molecular complexity index is 945. The first-order valence-corrected chi connectivity index (χ1v) is 10.9. The first-order valence-electron chi connectivity index (χ1n) is 9.43. The van der Waals surface area contributed by atoms with Gasteiger partial charge in [0.05, 0.1) is 4.90 Å². The number of nitrogens with one attached hydrogen (secondary N) is 1. The number of sulfonamides is 1. The number of carbonyl (C=O) groups excluding carboxylic acids is 1. The molecule has 0 saturated carbocycles. The third-order valence-electron chi connectivity index (χ3n) is 4.52. The lowest BCUT2D eigenvalue weighted by Gasteiger charge is -2.24. The third kappa shape index (κ3) is 6.85. The third-order valence-corrected chi connectivity index (χ3v) is 6.00. The number of likely N-dealkylation sites (N-methyl/N-ethyl adjacent to an activating group) is 1. The number of carboxylic acids is 1. The average molecular weight is 435 g/mol. The summed E-state index contributed by atoms with van der Waals surface area (Å²) in [6, 6.07) is 14.3. The first-order chi connectivity index (χ1) is 14.2. The van der Waals surface area contributed by atoms with Crippen molar-refractivity contribution in [2.45, 2.75) is 37.3 Å². The molecule has 1 unspecified atom stereocenters. The molecule has 0 aliphatic heterocycles. The van der Waals surface area contributed by atoms with Gasteiger partial charge in [0.1, 0.15) is 12.6 Å². The van der Waals surface area contributed by atoms with Gasteiger partial charge in [-0.25, -0.2) is 22.7 Å². The van der Waals surface area contributed by atoms with Crippen LogP contribution in [-0.4, -0.2) is 50.1 Å². The summed E-state index contributed by atoms with van der Waals surface area (Å²) in [6.45, 7) is 1.94. The number of aliphatic carboxylic acids is 1. The molecule has 0 heterocycles. The molecule has 0 saturated heterocycles. The zero-order valence-corrected chi connectivity index (χ0v) is 17.8. The Hall–Kier alpha value is -2.91. The van der Waals surface area contributed by atoms with Gasteiger partial charge in [0.25, 0.3) is 0 Å². The molecule has 2 aromatic rings. The van der Waals surface area contributed by atoms with Crippen LogP contribution >= 0.6 is 0 Å². The zero-order valence-electron chi connectivity index (χ0n) is 16.9. The minimum Gasteiger partial charge on any atom is -0.480 e. The Balaban J connectivity index is 1.85. The Labute approximate surface area is 176 Å². The number of carbonyl (C=O) groups is 2. The summed E-state index contributed by atoms with van der Waals surface area (Å²) < 4.78 is 32.2. The van der Waals surface area contributed by atoms with Gasteiger partial charge in [0, 0.05) is 13.6 Å². The topological polar surface area (TPSA) is 113 Å². The average Bonchev–Trinajstić information content (AvgIpc) is 2.72. The van der Waals surface area contributed by atoms with E-state index in [-0.39, 0.29) is 30.9 Å². The maximum Gasteiger partial charge on any atom is 0.410 e. The highest BCUT2D eigenvalue weighted by Gasteiger charge is 2.27. The second kappa shape index (κ2) is 10.7. The summed E-state index contributed by atoms with van der Waals surface area (Å²) in [5.74, 6) is -1.18. The summed E-state index contributed by atoms with van der Waals surface area (Å²) in [5, 5.41) is 9.45. The highest BCUT2D eigenvalue weighted by Crippen LogP contribution is 2.12. The Morgan fingerprint density at radius 1 is 1.10 bits per heavy atom. The van der Waals surface area contributed by atoms with Crippen molar-refractivity contribution in [3.05, 3.63) is 65.7 Å². The fraction of sp³-hybridized carbons (Fsp3) is 0.333. The molecule has 2 aromatic carbocycles. The van der Waals surface area contributed by atoms with E-state index in [2.05, 4.69) is 4.72 Å². The predicted molar refractivity (Wildman–Crippen MR) is 111 cm³/mol. The van der Waals surface area contributed by atoms with Crippen LogP contribution in [0.3, 0.4) is 0 Å². The van der Waals surface area contributed by atoms with Gasteiger partial charge in [-0.2, -0.15) is 0 Å². The Morgan fingerprint density at radius 2 is 1.73 bits per heavy atom. The molecule has 162 valence electrons. The lowest BCUT2D eigenvalue weighted by Crippen LogP contribution is -2.43. The fourth-order valence-electron chi connectivity index (χ4n) is 2.73. The Kier molecular flexibility index (Phi) is 8.37. The van der Waals surface area contributed by atoms with E-state index in [1.165, 1.54) is 19.2 Å². The monoisotopic (exact) mass is 434 g/mol. The molecule has 0 spiro atoms. The van der Waals surface area contributed by atoms with E-state index in [4.69, 9.17) is 4.74 Å². The maximum absolute atomic E-state index is 12.3. The van der Waals surface area contributed by atoms with Crippen molar-refractivity contribution in [1.82, 2.24) is 9.62 Å². The van der Waals surface area contributed by atoms with Crippen molar-refractivity contribution in [2.75, 3.05) is 13.6 Å². The molecular weight excluding hydrogens is 408 g/mol. The van der Waals surface area contributed by atoms with E-state index in [0.717, 1.165) is 16.0 Å². The molecule has 1 atom stereocenters. The second-order valence-corrected chi connectivity index (χ2v) is 8.63. The van der Waals surface area contributed by atoms with Gasteiger partial charge in [-0.1, -0.05) is 48.0 Å². The van der Waals surface area contributed by atoms with E-state index in [0.29, 0.717) is 0 Å². The van der Waals surface area contributed by atoms with Crippen molar-refractivity contribution >= 4 is 22.1 Å². The molecule has 8 nitrogen and oxygen atoms in total. The number of nitrogens with zero attached hydrogens (tertiary/aromatic N) is 1. The van der Waals surface area contributed by atoms with Crippen LogP contribution < -0.4 is 4.72 Å². The quantitative estimate of drug-likeness (QED) is 0.556. The summed E-state index contributed by atoms with van der Waals surface area (Å²) in [6.07, 6.45) is -0.451. The fourth-order valence-corrected chi connectivity index (χ4v) is 3.81. The molecule has 0 aliphatic carbocycles. The molecule has 0 aromatic heterocycles. The highest BCUT2D eigenvalue weighted by molar-refractivity contribution is 7.89. The first kappa shape index (κ1) is 23.4. The molecule has 9 heteroatoms. The van der Waals surface area contributed by atoms with Gasteiger partial charge in [-0.3, -0.25) is 4.90 Å². The van der Waals surface area contributed by atoms with E-state index in [1.807, 2.05) is 25.1 Å². The van der Waals surface area contributed by atoms with Crippen molar-refractivity contribution in [1.29, 1.82) is 0 Å². The van der Waals surface area contributed by atoms with E-state index >= 15 is 0 Å². The number of carboxylic acid groups (broad SMARTS) is 1. The minimum atomic E-state index is -3.67. The molecule has 0 fully saturated rings. The number of rotatable bonds is 10. The number of amides is 1. The van der Waals surface area contributed by atoms with Gasteiger partial charge in [-0.05, 0) is 37.5 Å². The van der Waals surface area contributed by atoms with Crippen LogP contribution in [-0.2, 0) is 26.2 Å². The second-order valence-electron chi connectivity index (χ2n) is 6.86. The molecule has 2 N–H and O–H groups in total. The molecule has 0 aliphatic rings. The smallest absolute Gasteiger partial charge is 0.410 e. The summed E-state index contributed by atoms with van der Waals surface area (Å²) in [5.41, 5.74) is 1.73. The number of aryl methyl sites for hydroxylation is 1. The molecular formula is C21H26N2O6S. The standard InChI is InChI=1S/C21H26N2O6S/c1-16-10-12-18(13-11-16)30(27,28)22-14-6-9-19(20(24)25)23(2)21(26)29-15-17-7-4-3-5-8-17/h3-5,7-8,10-13,19,22H,6,9,14-15H2,1-2H3,(H,24,25). The van der Waals surface area contributed by atoms with Crippen LogP contribution in [0.5, 0.6) is 0 Å². The van der Waals surface area contributed by atoms with Gasteiger partial charge >= 0.3 is 12.1 Å². The normalized spacial score (nSPS) is 12.2. The van der Waals surface area contributed by atoms with Gasteiger partial charge in [0.15, 0.2) is 0 Å². The number of hydrogen-bond donors (Lipinski definition) is 2. The molecule has 1 amide bonds. The predicted octanol–water partition coefficient (Wildman–Crippen LogP) is 2.78. The van der Waals surface area contributed by atoms with E-state index < -0.39 is 28.1 Å². The lowest BCUT2D eigenvalue weighted by atomic mass is 10.1. The zero-order chi connectivity index (χ0) is 22.1. The van der Waals surface area contributed by atoms with E-state index in [1.54, 1.807) is 24.3 Å². The van der Waals surface area contributed by atoms with Gasteiger partial charge in [0.2, 0.25) is 10.0 Å². The summed E-state index contributed by atoms with van der Waals surface area (Å²) >= 11 is 0. The molecule has 0 radical (unpaired) electrons. The van der Waals surface area contributed by atoms with Crippen LogP contribution in [0.15, 0.2) is 59.5 Å². The highest BCUT2D eigenvalue weighted by atomic mass is 32.2. The van der Waals surface area contributed by atoms with Crippen molar-refractivity contribution in [3.63, 3.8) is 0 Å². The van der Waals surface area contributed by atoms with Crippen LogP contribution in [0.2, 0.25) is 0 Å². The van der Waals surface area contributed by atoms with Crippen LogP contribution in [0, 0.1) is 6.92 Å². The maximum atomic E-state index is 12.3. The number of ether oxygens (including phenoxy) is 1. The lowest BCUT2D eigenvalue weighted by molar-refractivity contribution is -0.142. The summed E-state index contributed by atoms with van der Waals surface area (Å²) in [7, 11) is -2.32. The molecule has 0 bridgehead atoms. The SMILES string of the molecule is Cc1ccc(S(=O)(=O)NCCCC(C(=O)O)N(C)C(=O)OCc2ccccc2)cc1. The van der Waals surface area contributed by atoms with Crippen molar-refractivity contribution in [2.24, 2.45) is 0 Å². The molecule has 30 heavy (non-hydrogen) atoms. The Morgan fingerprint density at radius 3 is 2.33 bits per heavy atom. The minimum absolute atomic E-state index is 0.0344. The number of benzene rings is 2. The van der Waals surface area contributed by atoms with E-state index in [9.17, 15) is 23.1 Å². The van der Waals surface area contributed by atoms with Gasteiger partial charge < -0.3 is 9.84 Å². The van der Waals surface area contributed by atoms with Crippen LogP contribution in [0.25, 0.3) is 0 Å². The van der Waals surface area contributed by atoms with Crippen molar-refractivity contribution in [3.8, 4) is 0 Å². The van der Waals surface area contributed by atoms with Crippen molar-refractivity contribution < 1.29 is 27.9 Å². The molecule has 2 rings (SSSR count).